The summed E-state index contributed by atoms with van der Waals surface area (Å²) in [5.74, 6) is 0.845. The topological polar surface area (TPSA) is 80.5 Å². The Morgan fingerprint density at radius 3 is 2.96 bits per heavy atom. The van der Waals surface area contributed by atoms with Crippen molar-refractivity contribution >= 4 is 17.1 Å². The van der Waals surface area contributed by atoms with Crippen LogP contribution in [0.1, 0.15) is 18.5 Å². The number of fused-ring (bicyclic) bond motifs is 1. The van der Waals surface area contributed by atoms with E-state index in [2.05, 4.69) is 35.1 Å². The molecule has 2 N–H and O–H groups in total. The Hall–Kier alpha value is -2.54. The lowest BCUT2D eigenvalue weighted by molar-refractivity contribution is 0.475. The van der Waals surface area contributed by atoms with Crippen LogP contribution in [-0.4, -0.2) is 43.6 Å². The van der Waals surface area contributed by atoms with Crippen molar-refractivity contribution in [2.45, 2.75) is 25.4 Å². The molecule has 0 saturated carbocycles. The third-order valence-corrected chi connectivity index (χ3v) is 4.13. The van der Waals surface area contributed by atoms with Gasteiger partial charge in [0.15, 0.2) is 5.65 Å². The number of rotatable bonds is 4. The van der Waals surface area contributed by atoms with Crippen LogP contribution in [-0.2, 0) is 6.54 Å². The van der Waals surface area contributed by atoms with Gasteiger partial charge in [-0.2, -0.15) is 0 Å². The van der Waals surface area contributed by atoms with E-state index in [1.165, 1.54) is 0 Å². The number of hydrogen-bond acceptors (Lipinski definition) is 6. The summed E-state index contributed by atoms with van der Waals surface area (Å²) in [6.45, 7) is 2.72. The summed E-state index contributed by atoms with van der Waals surface area (Å²) >= 11 is 0. The second-order valence-electron chi connectivity index (χ2n) is 5.74. The van der Waals surface area contributed by atoms with E-state index in [4.69, 9.17) is 0 Å². The zero-order chi connectivity index (χ0) is 15.5. The highest BCUT2D eigenvalue weighted by molar-refractivity contribution is 5.73. The smallest absolute Gasteiger partial charge is 0.205 e. The molecule has 0 atom stereocenters. The first-order chi connectivity index (χ1) is 11.4. The first-order valence-corrected chi connectivity index (χ1v) is 7.93. The molecule has 3 aromatic heterocycles. The molecular weight excluding hydrogens is 290 g/mol. The monoisotopic (exact) mass is 309 g/mol. The largest absolute Gasteiger partial charge is 0.353 e. The van der Waals surface area contributed by atoms with E-state index in [0.717, 1.165) is 48.7 Å². The fraction of sp³-hybridized carbons (Fsp3) is 0.375. The van der Waals surface area contributed by atoms with E-state index >= 15 is 0 Å². The molecule has 7 heteroatoms. The normalized spacial score (nSPS) is 15.8. The molecule has 4 heterocycles. The molecule has 0 unspecified atom stereocenters. The van der Waals surface area contributed by atoms with Gasteiger partial charge in [0, 0.05) is 12.2 Å². The lowest BCUT2D eigenvalue weighted by atomic mass is 10.1. The maximum absolute atomic E-state index is 4.68. The van der Waals surface area contributed by atoms with Gasteiger partial charge >= 0.3 is 0 Å². The van der Waals surface area contributed by atoms with Gasteiger partial charge in [0.05, 0.1) is 18.4 Å². The summed E-state index contributed by atoms with van der Waals surface area (Å²) in [4.78, 5) is 17.6. The number of aromatic nitrogens is 5. The Bertz CT molecular complexity index is 777. The van der Waals surface area contributed by atoms with E-state index < -0.39 is 0 Å². The van der Waals surface area contributed by atoms with Gasteiger partial charge in [-0.1, -0.05) is 6.07 Å². The van der Waals surface area contributed by atoms with Gasteiger partial charge in [0.25, 0.3) is 0 Å². The van der Waals surface area contributed by atoms with E-state index in [0.29, 0.717) is 12.6 Å². The highest BCUT2D eigenvalue weighted by Crippen LogP contribution is 2.20. The molecule has 1 fully saturated rings. The molecule has 0 spiro atoms. The van der Waals surface area contributed by atoms with Crippen LogP contribution in [0.4, 0.5) is 5.95 Å². The number of nitrogens with one attached hydrogen (secondary N) is 2. The minimum Gasteiger partial charge on any atom is -0.353 e. The minimum atomic E-state index is 0.434. The molecule has 0 radical (unpaired) electrons. The number of piperidine rings is 1. The molecule has 7 nitrogen and oxygen atoms in total. The number of anilines is 1. The molecule has 1 saturated heterocycles. The van der Waals surface area contributed by atoms with Crippen molar-refractivity contribution in [2.24, 2.45) is 0 Å². The SMILES string of the molecule is c1ccc(Cn2c(NC3CCNCC3)nc3cncnc32)nc1. The Kier molecular flexibility index (Phi) is 3.85. The zero-order valence-electron chi connectivity index (χ0n) is 12.8. The van der Waals surface area contributed by atoms with Gasteiger partial charge < -0.3 is 10.6 Å². The fourth-order valence-electron chi connectivity index (χ4n) is 2.94. The summed E-state index contributed by atoms with van der Waals surface area (Å²) in [7, 11) is 0. The van der Waals surface area contributed by atoms with E-state index in [-0.39, 0.29) is 0 Å². The first-order valence-electron chi connectivity index (χ1n) is 7.93. The molecule has 1 aliphatic rings. The molecule has 118 valence electrons. The van der Waals surface area contributed by atoms with Crippen molar-refractivity contribution in [3.8, 4) is 0 Å². The molecular formula is C16H19N7. The predicted octanol–water partition coefficient (Wildman–Crippen LogP) is 1.43. The van der Waals surface area contributed by atoms with Crippen molar-refractivity contribution in [3.63, 3.8) is 0 Å². The third kappa shape index (κ3) is 3.00. The second kappa shape index (κ2) is 6.29. The Labute approximate surface area is 134 Å². The first kappa shape index (κ1) is 14.1. The maximum Gasteiger partial charge on any atom is 0.205 e. The van der Waals surface area contributed by atoms with Gasteiger partial charge in [0.1, 0.15) is 11.8 Å². The summed E-state index contributed by atoms with van der Waals surface area (Å²) < 4.78 is 2.08. The molecule has 0 aromatic carbocycles. The molecule has 1 aliphatic heterocycles. The lowest BCUT2D eigenvalue weighted by Gasteiger charge is -2.24. The molecule has 0 amide bonds. The van der Waals surface area contributed by atoms with E-state index in [1.807, 2.05) is 24.4 Å². The molecule has 3 aromatic rings. The van der Waals surface area contributed by atoms with Crippen molar-refractivity contribution in [3.05, 3.63) is 42.6 Å². The lowest BCUT2D eigenvalue weighted by Crippen LogP contribution is -2.36. The van der Waals surface area contributed by atoms with Crippen LogP contribution in [0.15, 0.2) is 36.9 Å². The van der Waals surface area contributed by atoms with Crippen LogP contribution in [0.5, 0.6) is 0 Å². The van der Waals surface area contributed by atoms with Crippen LogP contribution in [0.2, 0.25) is 0 Å². The van der Waals surface area contributed by atoms with Crippen molar-refractivity contribution < 1.29 is 0 Å². The average Bonchev–Trinajstić information content (AvgIpc) is 2.94. The Morgan fingerprint density at radius 1 is 1.22 bits per heavy atom. The van der Waals surface area contributed by atoms with Crippen molar-refractivity contribution in [2.75, 3.05) is 18.4 Å². The van der Waals surface area contributed by atoms with Gasteiger partial charge in [-0.25, -0.2) is 15.0 Å². The summed E-state index contributed by atoms with van der Waals surface area (Å²) in [5, 5.41) is 6.96. The highest BCUT2D eigenvalue weighted by Gasteiger charge is 2.18. The van der Waals surface area contributed by atoms with E-state index in [9.17, 15) is 0 Å². The highest BCUT2D eigenvalue weighted by atomic mass is 15.3. The zero-order valence-corrected chi connectivity index (χ0v) is 12.8. The molecule has 23 heavy (non-hydrogen) atoms. The third-order valence-electron chi connectivity index (χ3n) is 4.13. The van der Waals surface area contributed by atoms with Crippen LogP contribution < -0.4 is 10.6 Å². The number of nitrogens with zero attached hydrogens (tertiary/aromatic N) is 5. The van der Waals surface area contributed by atoms with Crippen molar-refractivity contribution in [1.82, 2.24) is 29.8 Å². The summed E-state index contributed by atoms with van der Waals surface area (Å²) in [6, 6.07) is 6.37. The van der Waals surface area contributed by atoms with Gasteiger partial charge in [-0.15, -0.1) is 0 Å². The summed E-state index contributed by atoms with van der Waals surface area (Å²) in [5.41, 5.74) is 2.63. The number of imidazole rings is 1. The number of hydrogen-bond donors (Lipinski definition) is 2. The van der Waals surface area contributed by atoms with Gasteiger partial charge in [-0.3, -0.25) is 9.55 Å². The van der Waals surface area contributed by atoms with Crippen LogP contribution >= 0.6 is 0 Å². The quantitative estimate of drug-likeness (QED) is 0.759. The second-order valence-corrected chi connectivity index (χ2v) is 5.74. The number of pyridine rings is 1. The molecule has 4 rings (SSSR count). The van der Waals surface area contributed by atoms with Crippen LogP contribution in [0.25, 0.3) is 11.2 Å². The van der Waals surface area contributed by atoms with Crippen molar-refractivity contribution in [1.29, 1.82) is 0 Å². The average molecular weight is 309 g/mol. The molecule has 0 aliphatic carbocycles. The fourth-order valence-corrected chi connectivity index (χ4v) is 2.94. The minimum absolute atomic E-state index is 0.434. The van der Waals surface area contributed by atoms with E-state index in [1.54, 1.807) is 12.5 Å². The van der Waals surface area contributed by atoms with Crippen LogP contribution in [0, 0.1) is 0 Å². The predicted molar refractivity (Wildman–Crippen MR) is 88.2 cm³/mol. The Balaban J connectivity index is 1.69. The van der Waals surface area contributed by atoms with Crippen LogP contribution in [0.3, 0.4) is 0 Å². The van der Waals surface area contributed by atoms with Gasteiger partial charge in [-0.05, 0) is 38.1 Å². The Morgan fingerprint density at radius 2 is 2.13 bits per heavy atom. The van der Waals surface area contributed by atoms with Gasteiger partial charge in [0.2, 0.25) is 5.95 Å². The maximum atomic E-state index is 4.68. The summed E-state index contributed by atoms with van der Waals surface area (Å²) in [6.07, 6.45) is 7.32. The molecule has 0 bridgehead atoms. The standard InChI is InChI=1S/C16H19N7/c1-2-6-19-13(3-1)10-23-15-14(9-18-11-20-15)22-16(23)21-12-4-7-17-8-5-12/h1-3,6,9,11-12,17H,4-5,7-8,10H2,(H,21,22).